The molecule has 10 rings (SSSR count). The van der Waals surface area contributed by atoms with E-state index in [0.717, 1.165) is 36.8 Å². The van der Waals surface area contributed by atoms with Gasteiger partial charge in [0.2, 0.25) is 0 Å². The summed E-state index contributed by atoms with van der Waals surface area (Å²) >= 11 is 0. The van der Waals surface area contributed by atoms with E-state index in [1.165, 1.54) is 42.5 Å². The molecule has 10 aromatic rings. The van der Waals surface area contributed by atoms with Gasteiger partial charge in [-0.3, -0.25) is 15.0 Å². The Hall–Kier alpha value is -7.94. The number of pyridine rings is 3. The summed E-state index contributed by atoms with van der Waals surface area (Å²) < 4.78 is 187. The van der Waals surface area contributed by atoms with Crippen LogP contribution in [0.25, 0.3) is 66.8 Å². The van der Waals surface area contributed by atoms with Crippen LogP contribution in [-0.4, -0.2) is 15.0 Å². The second kappa shape index (κ2) is 18.2. The van der Waals surface area contributed by atoms with Crippen LogP contribution in [0.3, 0.4) is 0 Å². The summed E-state index contributed by atoms with van der Waals surface area (Å²) in [6.07, 6.45) is -15.3. The third-order valence-corrected chi connectivity index (χ3v) is 10.3. The summed E-state index contributed by atoms with van der Waals surface area (Å²) in [4.78, 5) is 13.3. The fourth-order valence-corrected chi connectivity index (χ4v) is 7.16. The van der Waals surface area contributed by atoms with Gasteiger partial charge in [-0.2, -0.15) is 5.26 Å². The SMILES string of the molecule is [2H]c1cc2c(oc3c(-c4ccc(C([2H])([2H])C([2H])([2H])c5cc(C([2H])([2H])C([2H])([2H])c6ccc(-c7ccccc7)nc6)cc(C([2H])([2H])C([2H])([2H])c6ccc(-c7ccccc7)nc6)c5)cn4)cccc32)c(-c2c([2H])c([2H])c(C([2H])([2H])[2H])c([2H])c2[2H])c1C#N. The van der Waals surface area contributed by atoms with Gasteiger partial charge in [-0.05, 0) is 120 Å². The molecule has 0 atom stereocenters. The number of hydrogen-bond donors (Lipinski definition) is 0. The molecule has 0 N–H and O–H groups in total. The van der Waals surface area contributed by atoms with E-state index in [9.17, 15) is 21.7 Å². The Bertz CT molecular complexity index is 4090. The van der Waals surface area contributed by atoms with Crippen molar-refractivity contribution in [1.29, 1.82) is 5.26 Å². The van der Waals surface area contributed by atoms with E-state index in [-0.39, 0.29) is 61.7 Å². The third-order valence-electron chi connectivity index (χ3n) is 10.3. The van der Waals surface area contributed by atoms with Crippen LogP contribution in [0, 0.1) is 18.2 Å². The normalized spacial score (nSPS) is 17.4. The van der Waals surface area contributed by atoms with Crippen molar-refractivity contribution in [2.24, 2.45) is 0 Å². The predicted molar refractivity (Wildman–Crippen MR) is 260 cm³/mol. The van der Waals surface area contributed by atoms with E-state index >= 15 is 0 Å². The van der Waals surface area contributed by atoms with Gasteiger partial charge in [-0.25, -0.2) is 0 Å². The summed E-state index contributed by atoms with van der Waals surface area (Å²) in [6, 6.07) is 33.2. The molecule has 0 radical (unpaired) electrons. The number of benzene rings is 6. The van der Waals surface area contributed by atoms with Crippen molar-refractivity contribution in [2.45, 2.75) is 45.1 Å². The van der Waals surface area contributed by atoms with E-state index in [1.54, 1.807) is 66.7 Å². The topological polar surface area (TPSA) is 75.6 Å². The van der Waals surface area contributed by atoms with Gasteiger partial charge < -0.3 is 4.42 Å². The standard InChI is InChI=1S/C59H46N4O/c1-40-15-26-49(27-16-40)57-50(36-60)28-29-52-51-13-8-14-53(58(51)64-59(52)57)56-32-25-43(39-63-56)19-22-46-34-44(20-17-41-23-30-54(61-37-41)47-9-4-2-5-10-47)33-45(35-46)21-18-42-24-31-55(62-38-42)48-11-6-3-7-12-48/h2-16,23-35,37-39H,17-22H2,1H3/i1D3,15D,16D,17D2,18D2,19D2,20D2,21D2,22D2,26D,27D,28D. The van der Waals surface area contributed by atoms with Gasteiger partial charge >= 0.3 is 0 Å². The van der Waals surface area contributed by atoms with Gasteiger partial charge in [-0.15, -0.1) is 0 Å². The number of fused-ring (bicyclic) bond motifs is 3. The van der Waals surface area contributed by atoms with Gasteiger partial charge in [-0.1, -0.05) is 139 Å². The molecule has 308 valence electrons. The fourth-order valence-electron chi connectivity index (χ4n) is 7.16. The summed E-state index contributed by atoms with van der Waals surface area (Å²) in [5.74, 6) is 0. The monoisotopic (exact) mass is 846 g/mol. The van der Waals surface area contributed by atoms with E-state index < -0.39 is 97.1 Å². The van der Waals surface area contributed by atoms with Gasteiger partial charge in [0.15, 0.2) is 0 Å². The minimum absolute atomic E-state index is 0.0784. The third kappa shape index (κ3) is 8.73. The number of nitriles is 1. The number of furan rings is 1. The number of hydrogen-bond acceptors (Lipinski definition) is 5. The molecule has 0 fully saturated rings. The van der Waals surface area contributed by atoms with Crippen LogP contribution in [0.2, 0.25) is 0 Å². The Morgan fingerprint density at radius 2 is 1.00 bits per heavy atom. The lowest BCUT2D eigenvalue weighted by Crippen LogP contribution is -2.00. The maximum Gasteiger partial charge on any atom is 0.144 e. The molecule has 0 saturated carbocycles. The van der Waals surface area contributed by atoms with Crippen molar-refractivity contribution >= 4 is 21.9 Å². The molecule has 4 heterocycles. The van der Waals surface area contributed by atoms with E-state index in [2.05, 4.69) is 15.0 Å². The molecule has 0 aliphatic rings. The first-order valence-corrected chi connectivity index (χ1v) is 20.1. The van der Waals surface area contributed by atoms with Crippen LogP contribution in [-0.2, 0) is 38.2 Å². The summed E-state index contributed by atoms with van der Waals surface area (Å²) in [6.45, 7) is -3.03. The highest BCUT2D eigenvalue weighted by molar-refractivity contribution is 6.13. The Morgan fingerprint density at radius 3 is 1.48 bits per heavy atom. The van der Waals surface area contributed by atoms with Gasteiger partial charge in [0.05, 0.1) is 35.6 Å². The van der Waals surface area contributed by atoms with Crippen LogP contribution in [0.5, 0.6) is 0 Å². The fraction of sp³-hybridized carbons (Fsp3) is 0.119. The lowest BCUT2D eigenvalue weighted by atomic mass is 9.94. The van der Waals surface area contributed by atoms with E-state index in [1.807, 2.05) is 18.2 Å². The number of rotatable bonds is 13. The zero-order valence-corrected chi connectivity index (χ0v) is 33.7. The molecule has 0 unspecified atom stereocenters. The van der Waals surface area contributed by atoms with E-state index in [4.69, 9.17) is 15.4 Å². The number of aromatic nitrogens is 3. The number of nitrogens with zero attached hydrogens (tertiary/aromatic N) is 4. The maximum atomic E-state index is 10.3. The highest BCUT2D eigenvalue weighted by Crippen LogP contribution is 2.41. The molecule has 64 heavy (non-hydrogen) atoms. The first-order chi connectivity index (χ1) is 39.4. The van der Waals surface area contributed by atoms with Gasteiger partial charge in [0, 0.05) is 72.2 Å². The predicted octanol–water partition coefficient (Wildman–Crippen LogP) is 14.0. The van der Waals surface area contributed by atoms with Crippen molar-refractivity contribution in [2.75, 3.05) is 0 Å². The molecule has 0 saturated heterocycles. The zero-order chi connectivity index (χ0) is 60.9. The van der Waals surface area contributed by atoms with Crippen molar-refractivity contribution in [3.05, 3.63) is 233 Å². The van der Waals surface area contributed by atoms with Crippen molar-refractivity contribution in [3.8, 4) is 51.0 Å². The highest BCUT2D eigenvalue weighted by Gasteiger charge is 2.19. The molecule has 0 aliphatic heterocycles. The zero-order valence-electron chi connectivity index (χ0n) is 53.7. The first kappa shape index (κ1) is 23.5. The quantitative estimate of drug-likeness (QED) is 0.116. The highest BCUT2D eigenvalue weighted by atomic mass is 16.3. The van der Waals surface area contributed by atoms with Crippen LogP contribution >= 0.6 is 0 Å². The minimum atomic E-state index is -3.25. The van der Waals surface area contributed by atoms with Crippen LogP contribution in [0.1, 0.15) is 71.9 Å². The molecular formula is C59H46N4O. The van der Waals surface area contributed by atoms with Crippen molar-refractivity contribution < 1.29 is 31.8 Å². The van der Waals surface area contributed by atoms with Crippen molar-refractivity contribution in [1.82, 2.24) is 15.0 Å². The number of para-hydroxylation sites is 1. The molecule has 0 amide bonds. The summed E-state index contributed by atoms with van der Waals surface area (Å²) in [5.41, 5.74) is -2.21. The van der Waals surface area contributed by atoms with Gasteiger partial charge in [0.1, 0.15) is 11.2 Å². The molecule has 6 aromatic carbocycles. The Morgan fingerprint density at radius 1 is 0.500 bits per heavy atom. The Labute approximate surface area is 402 Å². The molecular weight excluding hydrogens is 781 g/mol. The molecule has 5 nitrogen and oxygen atoms in total. The second-order valence-corrected chi connectivity index (χ2v) is 14.5. The van der Waals surface area contributed by atoms with Crippen LogP contribution in [0.15, 0.2) is 193 Å². The van der Waals surface area contributed by atoms with Gasteiger partial charge in [0.25, 0.3) is 0 Å². The Balaban J connectivity index is 1.07. The van der Waals surface area contributed by atoms with Crippen LogP contribution < -0.4 is 0 Å². The summed E-state index contributed by atoms with van der Waals surface area (Å²) in [5, 5.41) is 10.9. The van der Waals surface area contributed by atoms with Crippen molar-refractivity contribution in [3.63, 3.8) is 0 Å². The smallest absolute Gasteiger partial charge is 0.144 e. The lowest BCUT2D eigenvalue weighted by Gasteiger charge is -2.12. The minimum Gasteiger partial charge on any atom is -0.455 e. The molecule has 4 aromatic heterocycles. The summed E-state index contributed by atoms with van der Waals surface area (Å²) in [7, 11) is 0. The molecule has 0 aliphatic carbocycles. The largest absolute Gasteiger partial charge is 0.455 e. The maximum absolute atomic E-state index is 10.3. The molecule has 0 bridgehead atoms. The first-order valence-electron chi connectivity index (χ1n) is 30.1. The average Bonchev–Trinajstić information content (AvgIpc) is 1.21. The lowest BCUT2D eigenvalue weighted by molar-refractivity contribution is 0.670. The average molecular weight is 847 g/mol. The second-order valence-electron chi connectivity index (χ2n) is 14.5. The number of aryl methyl sites for hydroxylation is 6. The van der Waals surface area contributed by atoms with Crippen LogP contribution in [0.4, 0.5) is 0 Å². The molecule has 5 heteroatoms. The molecule has 0 spiro atoms. The Kier molecular flexibility index (Phi) is 6.68. The van der Waals surface area contributed by atoms with E-state index in [0.29, 0.717) is 27.9 Å².